The fourth-order valence-electron chi connectivity index (χ4n) is 3.64. The van der Waals surface area contributed by atoms with Gasteiger partial charge in [-0.05, 0) is 37.1 Å². The van der Waals surface area contributed by atoms with Gasteiger partial charge in [0.25, 0.3) is 0 Å². The van der Waals surface area contributed by atoms with E-state index in [1.54, 1.807) is 24.3 Å². The first kappa shape index (κ1) is 19.6. The number of ether oxygens (including phenoxy) is 1. The van der Waals surface area contributed by atoms with E-state index in [9.17, 15) is 10.1 Å². The maximum absolute atomic E-state index is 12.8. The Balaban J connectivity index is 1.46. The van der Waals surface area contributed by atoms with E-state index in [0.29, 0.717) is 74.7 Å². The van der Waals surface area contributed by atoms with Crippen molar-refractivity contribution in [1.82, 2.24) is 15.0 Å². The summed E-state index contributed by atoms with van der Waals surface area (Å²) in [6, 6.07) is 9.06. The minimum absolute atomic E-state index is 0.0385. The Hall–Kier alpha value is -2.76. The molecule has 0 spiro atoms. The van der Waals surface area contributed by atoms with Gasteiger partial charge in [-0.25, -0.2) is 0 Å². The highest BCUT2D eigenvalue weighted by Crippen LogP contribution is 2.25. The third kappa shape index (κ3) is 4.47. The molecule has 0 unspecified atom stereocenters. The number of nitrogens with zero attached hydrogens (tertiary/aromatic N) is 6. The Labute approximate surface area is 174 Å². The quantitative estimate of drug-likeness (QED) is 0.706. The van der Waals surface area contributed by atoms with Crippen LogP contribution in [0, 0.1) is 17.2 Å². The third-order valence-electron chi connectivity index (χ3n) is 5.28. The van der Waals surface area contributed by atoms with Crippen molar-refractivity contribution >= 4 is 29.3 Å². The molecule has 29 heavy (non-hydrogen) atoms. The van der Waals surface area contributed by atoms with Crippen LogP contribution >= 0.6 is 11.6 Å². The molecule has 0 aliphatic carbocycles. The lowest BCUT2D eigenvalue weighted by Gasteiger charge is -2.32. The van der Waals surface area contributed by atoms with E-state index in [2.05, 4.69) is 15.0 Å². The van der Waals surface area contributed by atoms with E-state index in [1.165, 1.54) is 0 Å². The van der Waals surface area contributed by atoms with Crippen molar-refractivity contribution in [2.75, 3.05) is 49.2 Å². The lowest BCUT2D eigenvalue weighted by Crippen LogP contribution is -2.40. The molecule has 2 aliphatic rings. The van der Waals surface area contributed by atoms with Crippen molar-refractivity contribution in [1.29, 1.82) is 5.26 Å². The highest BCUT2D eigenvalue weighted by molar-refractivity contribution is 6.30. The van der Waals surface area contributed by atoms with Crippen molar-refractivity contribution in [3.05, 3.63) is 40.7 Å². The number of hydrogen-bond donors (Lipinski definition) is 0. The first-order valence-corrected chi connectivity index (χ1v) is 10.1. The molecule has 0 radical (unpaired) electrons. The zero-order valence-corrected chi connectivity index (χ0v) is 16.7. The molecule has 1 aromatic carbocycles. The van der Waals surface area contributed by atoms with Gasteiger partial charge in [0.15, 0.2) is 5.78 Å². The number of nitriles is 1. The number of rotatable bonds is 4. The molecule has 4 rings (SSSR count). The molecular formula is C20H21ClN6O2. The number of ketones is 1. The standard InChI is InChI=1S/C20H21ClN6O2/c21-16-3-1-14(2-4-16)18(28)15-5-7-26(8-6-15)19-23-17(13-22)24-20(25-19)27-9-11-29-12-10-27/h1-4,15H,5-12H2. The first-order chi connectivity index (χ1) is 14.1. The van der Waals surface area contributed by atoms with Crippen LogP contribution in [0.1, 0.15) is 29.0 Å². The Morgan fingerprint density at radius 1 is 1.00 bits per heavy atom. The summed E-state index contributed by atoms with van der Waals surface area (Å²) in [7, 11) is 0. The minimum atomic E-state index is -0.0385. The summed E-state index contributed by atoms with van der Waals surface area (Å²) in [4.78, 5) is 29.9. The topological polar surface area (TPSA) is 95.2 Å². The summed E-state index contributed by atoms with van der Waals surface area (Å²) in [6.07, 6.45) is 1.42. The van der Waals surface area contributed by atoms with Crippen LogP contribution in [-0.4, -0.2) is 60.1 Å². The molecule has 0 atom stereocenters. The van der Waals surface area contributed by atoms with E-state index in [-0.39, 0.29) is 17.5 Å². The molecular weight excluding hydrogens is 392 g/mol. The number of benzene rings is 1. The molecule has 2 aromatic rings. The lowest BCUT2D eigenvalue weighted by atomic mass is 9.89. The number of halogens is 1. The molecule has 150 valence electrons. The van der Waals surface area contributed by atoms with Crippen molar-refractivity contribution in [3.8, 4) is 6.07 Å². The second kappa shape index (κ2) is 8.72. The SMILES string of the molecule is N#Cc1nc(N2CCOCC2)nc(N2CCC(C(=O)c3ccc(Cl)cc3)CC2)n1. The molecule has 0 saturated carbocycles. The fourth-order valence-corrected chi connectivity index (χ4v) is 3.77. The summed E-state index contributed by atoms with van der Waals surface area (Å²) in [5.41, 5.74) is 0.689. The molecule has 1 aromatic heterocycles. The monoisotopic (exact) mass is 412 g/mol. The van der Waals surface area contributed by atoms with E-state index in [1.807, 2.05) is 15.9 Å². The summed E-state index contributed by atoms with van der Waals surface area (Å²) in [5.74, 6) is 1.22. The van der Waals surface area contributed by atoms with Gasteiger partial charge >= 0.3 is 0 Å². The van der Waals surface area contributed by atoms with Gasteiger partial charge in [-0.1, -0.05) is 11.6 Å². The van der Waals surface area contributed by atoms with E-state index < -0.39 is 0 Å². The van der Waals surface area contributed by atoms with Crippen molar-refractivity contribution in [2.45, 2.75) is 12.8 Å². The number of aromatic nitrogens is 3. The van der Waals surface area contributed by atoms with Gasteiger partial charge in [-0.15, -0.1) is 0 Å². The minimum Gasteiger partial charge on any atom is -0.378 e. The van der Waals surface area contributed by atoms with Crippen LogP contribution in [0.4, 0.5) is 11.9 Å². The summed E-state index contributed by atoms with van der Waals surface area (Å²) >= 11 is 5.91. The highest BCUT2D eigenvalue weighted by atomic mass is 35.5. The smallest absolute Gasteiger partial charge is 0.238 e. The number of Topliss-reactive ketones (excluding diaryl/α,β-unsaturated/α-hetero) is 1. The average molecular weight is 413 g/mol. The molecule has 8 nitrogen and oxygen atoms in total. The van der Waals surface area contributed by atoms with Crippen LogP contribution in [0.5, 0.6) is 0 Å². The summed E-state index contributed by atoms with van der Waals surface area (Å²) in [5, 5.41) is 9.95. The van der Waals surface area contributed by atoms with Gasteiger partial charge in [0.2, 0.25) is 17.7 Å². The number of hydrogen-bond acceptors (Lipinski definition) is 8. The molecule has 0 bridgehead atoms. The fraction of sp³-hybridized carbons (Fsp3) is 0.450. The van der Waals surface area contributed by atoms with Crippen LogP contribution in [0.15, 0.2) is 24.3 Å². The molecule has 2 fully saturated rings. The van der Waals surface area contributed by atoms with Crippen LogP contribution in [0.2, 0.25) is 5.02 Å². The predicted octanol–water partition coefficient (Wildman–Crippen LogP) is 2.33. The van der Waals surface area contributed by atoms with Gasteiger partial charge in [-0.2, -0.15) is 20.2 Å². The number of piperidine rings is 1. The largest absolute Gasteiger partial charge is 0.378 e. The number of anilines is 2. The van der Waals surface area contributed by atoms with Crippen LogP contribution in [-0.2, 0) is 4.74 Å². The zero-order valence-electron chi connectivity index (χ0n) is 15.9. The van der Waals surface area contributed by atoms with Crippen molar-refractivity contribution in [2.24, 2.45) is 5.92 Å². The third-order valence-corrected chi connectivity index (χ3v) is 5.54. The molecule has 9 heteroatoms. The van der Waals surface area contributed by atoms with E-state index >= 15 is 0 Å². The normalized spacial score (nSPS) is 17.8. The molecule has 0 N–H and O–H groups in total. The Morgan fingerprint density at radius 3 is 2.17 bits per heavy atom. The lowest BCUT2D eigenvalue weighted by molar-refractivity contribution is 0.0900. The van der Waals surface area contributed by atoms with Gasteiger partial charge in [0.05, 0.1) is 13.2 Å². The number of carbonyl (C=O) groups is 1. The maximum atomic E-state index is 12.8. The average Bonchev–Trinajstić information content (AvgIpc) is 2.79. The Kier molecular flexibility index (Phi) is 5.88. The summed E-state index contributed by atoms with van der Waals surface area (Å²) < 4.78 is 5.37. The van der Waals surface area contributed by atoms with Gasteiger partial charge in [0, 0.05) is 42.7 Å². The predicted molar refractivity (Wildman–Crippen MR) is 108 cm³/mol. The Morgan fingerprint density at radius 2 is 1.59 bits per heavy atom. The molecule has 0 amide bonds. The van der Waals surface area contributed by atoms with Crippen LogP contribution < -0.4 is 9.80 Å². The number of carbonyl (C=O) groups excluding carboxylic acids is 1. The second-order valence-corrected chi connectivity index (χ2v) is 7.54. The van der Waals surface area contributed by atoms with Crippen LogP contribution in [0.3, 0.4) is 0 Å². The maximum Gasteiger partial charge on any atom is 0.238 e. The van der Waals surface area contributed by atoms with Crippen molar-refractivity contribution < 1.29 is 9.53 Å². The van der Waals surface area contributed by atoms with Crippen molar-refractivity contribution in [3.63, 3.8) is 0 Å². The van der Waals surface area contributed by atoms with Gasteiger partial charge < -0.3 is 14.5 Å². The zero-order chi connectivity index (χ0) is 20.2. The summed E-state index contributed by atoms with van der Waals surface area (Å²) in [6.45, 7) is 3.91. The van der Waals surface area contributed by atoms with Gasteiger partial charge in [0.1, 0.15) is 6.07 Å². The first-order valence-electron chi connectivity index (χ1n) is 9.67. The molecule has 2 aliphatic heterocycles. The van der Waals surface area contributed by atoms with Gasteiger partial charge in [-0.3, -0.25) is 4.79 Å². The Bertz CT molecular complexity index is 916. The van der Waals surface area contributed by atoms with Crippen LogP contribution in [0.25, 0.3) is 0 Å². The molecule has 3 heterocycles. The highest BCUT2D eigenvalue weighted by Gasteiger charge is 2.28. The number of morpholine rings is 1. The molecule has 2 saturated heterocycles. The van der Waals surface area contributed by atoms with E-state index in [4.69, 9.17) is 16.3 Å². The van der Waals surface area contributed by atoms with E-state index in [0.717, 1.165) is 0 Å². The second-order valence-electron chi connectivity index (χ2n) is 7.10.